The molecule has 6 nitrogen and oxygen atoms in total. The first-order valence-electron chi connectivity index (χ1n) is 8.39. The van der Waals surface area contributed by atoms with Crippen molar-refractivity contribution in [1.29, 1.82) is 0 Å². The van der Waals surface area contributed by atoms with Crippen LogP contribution >= 0.6 is 0 Å². The average Bonchev–Trinajstić information content (AvgIpc) is 2.60. The van der Waals surface area contributed by atoms with Crippen LogP contribution in [0.15, 0.2) is 36.5 Å². The highest BCUT2D eigenvalue weighted by Gasteiger charge is 2.14. The average molecular weight is 330 g/mol. The van der Waals surface area contributed by atoms with Crippen LogP contribution in [-0.4, -0.2) is 27.7 Å². The van der Waals surface area contributed by atoms with Crippen molar-refractivity contribution >= 4 is 11.8 Å². The van der Waals surface area contributed by atoms with Crippen molar-refractivity contribution in [2.45, 2.75) is 45.3 Å². The summed E-state index contributed by atoms with van der Waals surface area (Å²) >= 11 is 0. The van der Waals surface area contributed by atoms with E-state index in [4.69, 9.17) is 10.5 Å². The van der Waals surface area contributed by atoms with E-state index in [1.165, 1.54) is 0 Å². The minimum absolute atomic E-state index is 0.127. The van der Waals surface area contributed by atoms with Crippen LogP contribution in [-0.2, 0) is 6.61 Å². The van der Waals surface area contributed by atoms with Gasteiger partial charge in [0.2, 0.25) is 5.95 Å². The predicted octanol–water partition coefficient (Wildman–Crippen LogP) is 2.99. The highest BCUT2D eigenvalue weighted by Crippen LogP contribution is 2.25. The Bertz CT molecular complexity index is 607. The molecule has 0 fully saturated rings. The number of benzene rings is 1. The van der Waals surface area contributed by atoms with E-state index in [9.17, 15) is 5.11 Å². The Morgan fingerprint density at radius 1 is 1.25 bits per heavy atom. The normalized spacial score (nSPS) is 11.9. The van der Waals surface area contributed by atoms with E-state index in [2.05, 4.69) is 22.2 Å². The zero-order valence-electron chi connectivity index (χ0n) is 14.1. The van der Waals surface area contributed by atoms with Crippen molar-refractivity contribution in [2.75, 3.05) is 17.7 Å². The summed E-state index contributed by atoms with van der Waals surface area (Å²) in [7, 11) is 0. The number of rotatable bonds is 10. The third-order valence-corrected chi connectivity index (χ3v) is 3.74. The number of nitrogens with one attached hydrogen (secondary N) is 1. The lowest BCUT2D eigenvalue weighted by molar-refractivity contribution is 0.275. The van der Waals surface area contributed by atoms with Gasteiger partial charge < -0.3 is 20.9 Å². The summed E-state index contributed by atoms with van der Waals surface area (Å²) in [5.74, 6) is 1.34. The van der Waals surface area contributed by atoms with Crippen LogP contribution in [0.3, 0.4) is 0 Å². The number of hydrogen-bond donors (Lipinski definition) is 3. The predicted molar refractivity (Wildman–Crippen MR) is 95.9 cm³/mol. The van der Waals surface area contributed by atoms with Gasteiger partial charge in [0.15, 0.2) is 11.6 Å². The highest BCUT2D eigenvalue weighted by atomic mass is 16.5. The zero-order valence-corrected chi connectivity index (χ0v) is 14.1. The lowest BCUT2D eigenvalue weighted by Crippen LogP contribution is -2.22. The van der Waals surface area contributed by atoms with Gasteiger partial charge in [-0.05, 0) is 18.4 Å². The van der Waals surface area contributed by atoms with Gasteiger partial charge in [-0.3, -0.25) is 0 Å². The quantitative estimate of drug-likeness (QED) is 0.620. The summed E-state index contributed by atoms with van der Waals surface area (Å²) in [5.41, 5.74) is 6.79. The maximum absolute atomic E-state index is 9.26. The van der Waals surface area contributed by atoms with Crippen molar-refractivity contribution in [1.82, 2.24) is 9.97 Å². The number of aliphatic hydroxyl groups is 1. The first-order valence-corrected chi connectivity index (χ1v) is 8.39. The molecule has 1 aromatic heterocycles. The fourth-order valence-corrected chi connectivity index (χ4v) is 2.42. The molecule has 0 aliphatic carbocycles. The number of nitrogen functional groups attached to an aromatic ring is 1. The van der Waals surface area contributed by atoms with Gasteiger partial charge >= 0.3 is 0 Å². The Balaban J connectivity index is 2.08. The molecule has 1 heterocycles. The largest absolute Gasteiger partial charge is 0.483 e. The van der Waals surface area contributed by atoms with Gasteiger partial charge in [0.1, 0.15) is 6.61 Å². The van der Waals surface area contributed by atoms with E-state index in [-0.39, 0.29) is 18.6 Å². The van der Waals surface area contributed by atoms with Crippen molar-refractivity contribution in [3.63, 3.8) is 0 Å². The number of nitrogens with two attached hydrogens (primary N) is 1. The number of unbranched alkanes of at least 4 members (excludes halogenated alkanes) is 1. The maximum atomic E-state index is 9.26. The van der Waals surface area contributed by atoms with Crippen molar-refractivity contribution < 1.29 is 9.84 Å². The number of hydrogen-bond acceptors (Lipinski definition) is 6. The molecular weight excluding hydrogens is 304 g/mol. The van der Waals surface area contributed by atoms with E-state index in [0.717, 1.165) is 24.8 Å². The van der Waals surface area contributed by atoms with E-state index in [0.29, 0.717) is 24.6 Å². The van der Waals surface area contributed by atoms with E-state index >= 15 is 0 Å². The Kier molecular flexibility index (Phi) is 7.29. The Hall–Kier alpha value is -2.34. The molecule has 2 aromatic rings. The second kappa shape index (κ2) is 9.72. The molecule has 2 rings (SSSR count). The topological polar surface area (TPSA) is 93.3 Å². The summed E-state index contributed by atoms with van der Waals surface area (Å²) in [6.07, 6.45) is 5.38. The maximum Gasteiger partial charge on any atom is 0.222 e. The molecule has 6 heteroatoms. The minimum atomic E-state index is 0.127. The van der Waals surface area contributed by atoms with Gasteiger partial charge in [0.25, 0.3) is 0 Å². The summed E-state index contributed by atoms with van der Waals surface area (Å²) in [6, 6.07) is 10.0. The SMILES string of the molecule is CCCCC(CCO)Nc1nc(N)ncc1OCc1ccccc1. The fraction of sp³-hybridized carbons (Fsp3) is 0.444. The number of nitrogens with zero attached hydrogens (tertiary/aromatic N) is 2. The Morgan fingerprint density at radius 2 is 2.04 bits per heavy atom. The molecule has 1 unspecified atom stereocenters. The van der Waals surface area contributed by atoms with Crippen molar-refractivity contribution in [2.24, 2.45) is 0 Å². The molecule has 0 amide bonds. The Labute approximate surface area is 143 Å². The summed E-state index contributed by atoms with van der Waals surface area (Å²) in [6.45, 7) is 2.71. The van der Waals surface area contributed by atoms with Crippen LogP contribution in [0.1, 0.15) is 38.2 Å². The number of aliphatic hydroxyl groups excluding tert-OH is 1. The van der Waals surface area contributed by atoms with Crippen LogP contribution in [0, 0.1) is 0 Å². The highest BCUT2D eigenvalue weighted by molar-refractivity contribution is 5.51. The van der Waals surface area contributed by atoms with Crippen molar-refractivity contribution in [3.8, 4) is 5.75 Å². The number of ether oxygens (including phenoxy) is 1. The molecule has 0 aliphatic heterocycles. The van der Waals surface area contributed by atoms with Crippen LogP contribution < -0.4 is 15.8 Å². The standard InChI is InChI=1S/C18H26N4O2/c1-2-3-9-15(10-11-23)21-17-16(12-20-18(19)22-17)24-13-14-7-5-4-6-8-14/h4-8,12,15,23H,2-3,9-11,13H2,1H3,(H3,19,20,21,22). The summed E-state index contributed by atoms with van der Waals surface area (Å²) < 4.78 is 5.86. The zero-order chi connectivity index (χ0) is 17.2. The van der Waals surface area contributed by atoms with E-state index in [1.54, 1.807) is 6.20 Å². The second-order valence-electron chi connectivity index (χ2n) is 5.71. The molecule has 24 heavy (non-hydrogen) atoms. The van der Waals surface area contributed by atoms with Crippen LogP contribution in [0.2, 0.25) is 0 Å². The monoisotopic (exact) mass is 330 g/mol. The minimum Gasteiger partial charge on any atom is -0.483 e. The number of aromatic nitrogens is 2. The second-order valence-corrected chi connectivity index (χ2v) is 5.71. The Morgan fingerprint density at radius 3 is 2.75 bits per heavy atom. The van der Waals surface area contributed by atoms with Gasteiger partial charge in [-0.1, -0.05) is 50.1 Å². The first kappa shape index (κ1) is 18.0. The smallest absolute Gasteiger partial charge is 0.222 e. The van der Waals surface area contributed by atoms with Crippen LogP contribution in [0.5, 0.6) is 5.75 Å². The van der Waals surface area contributed by atoms with Crippen molar-refractivity contribution in [3.05, 3.63) is 42.1 Å². The molecule has 4 N–H and O–H groups in total. The molecule has 0 radical (unpaired) electrons. The third kappa shape index (κ3) is 5.70. The van der Waals surface area contributed by atoms with Crippen LogP contribution in [0.4, 0.5) is 11.8 Å². The lowest BCUT2D eigenvalue weighted by atomic mass is 10.1. The summed E-state index contributed by atoms with van der Waals surface area (Å²) in [5, 5.41) is 12.6. The first-order chi connectivity index (χ1) is 11.7. The molecule has 0 saturated heterocycles. The van der Waals surface area contributed by atoms with Gasteiger partial charge in [0, 0.05) is 12.6 Å². The molecule has 0 aliphatic rings. The fourth-order valence-electron chi connectivity index (χ4n) is 2.42. The molecule has 1 atom stereocenters. The molecule has 0 bridgehead atoms. The molecule has 1 aromatic carbocycles. The van der Waals surface area contributed by atoms with E-state index in [1.807, 2.05) is 30.3 Å². The van der Waals surface area contributed by atoms with Gasteiger partial charge in [0.05, 0.1) is 6.20 Å². The van der Waals surface area contributed by atoms with Gasteiger partial charge in [-0.2, -0.15) is 4.98 Å². The summed E-state index contributed by atoms with van der Waals surface area (Å²) in [4.78, 5) is 8.28. The third-order valence-electron chi connectivity index (χ3n) is 3.74. The molecule has 0 saturated carbocycles. The van der Waals surface area contributed by atoms with Crippen LogP contribution in [0.25, 0.3) is 0 Å². The van der Waals surface area contributed by atoms with Gasteiger partial charge in [-0.15, -0.1) is 0 Å². The molecular formula is C18H26N4O2. The molecule has 0 spiro atoms. The number of anilines is 2. The van der Waals surface area contributed by atoms with E-state index < -0.39 is 0 Å². The lowest BCUT2D eigenvalue weighted by Gasteiger charge is -2.20. The van der Waals surface area contributed by atoms with Gasteiger partial charge in [-0.25, -0.2) is 4.98 Å². The molecule has 130 valence electrons.